The molecule has 2 aliphatic carbocycles. The highest BCUT2D eigenvalue weighted by atomic mass is 16.5. The van der Waals surface area contributed by atoms with Crippen molar-refractivity contribution in [2.24, 2.45) is 22.7 Å². The van der Waals surface area contributed by atoms with E-state index in [1.54, 1.807) is 0 Å². The summed E-state index contributed by atoms with van der Waals surface area (Å²) in [5.74, 6) is 1.58. The van der Waals surface area contributed by atoms with Crippen molar-refractivity contribution in [1.29, 1.82) is 0 Å². The third-order valence-corrected chi connectivity index (χ3v) is 5.34. The van der Waals surface area contributed by atoms with Gasteiger partial charge < -0.3 is 4.74 Å². The minimum absolute atomic E-state index is 0.422. The number of fused-ring (bicyclic) bond motifs is 5. The van der Waals surface area contributed by atoms with Crippen LogP contribution in [0.25, 0.3) is 0 Å². The fourth-order valence-corrected chi connectivity index (χ4v) is 4.08. The molecule has 1 unspecified atom stereocenters. The number of ether oxygens (including phenoxy) is 1. The lowest BCUT2D eigenvalue weighted by atomic mass is 9.70. The van der Waals surface area contributed by atoms with Crippen LogP contribution in [0, 0.1) is 22.7 Å². The van der Waals surface area contributed by atoms with Crippen LogP contribution in [0.2, 0.25) is 0 Å². The molecular formula is C12H18O. The summed E-state index contributed by atoms with van der Waals surface area (Å²) in [6, 6.07) is 0. The number of hydrogen-bond donors (Lipinski definition) is 0. The van der Waals surface area contributed by atoms with E-state index in [-0.39, 0.29) is 0 Å². The summed E-state index contributed by atoms with van der Waals surface area (Å²) in [5.41, 5.74) is 0.902. The summed E-state index contributed by atoms with van der Waals surface area (Å²) in [6.45, 7) is 7.28. The molecule has 0 spiro atoms. The molecule has 72 valence electrons. The van der Waals surface area contributed by atoms with Gasteiger partial charge in [-0.25, -0.2) is 0 Å². The second-order valence-corrected chi connectivity index (χ2v) is 5.75. The molecule has 2 saturated carbocycles. The Labute approximate surface area is 80.2 Å². The van der Waals surface area contributed by atoms with E-state index < -0.39 is 0 Å². The van der Waals surface area contributed by atoms with Gasteiger partial charge in [0.25, 0.3) is 0 Å². The van der Waals surface area contributed by atoms with Gasteiger partial charge in [0.05, 0.1) is 6.26 Å². The lowest BCUT2D eigenvalue weighted by Crippen LogP contribution is -2.36. The highest BCUT2D eigenvalue weighted by molar-refractivity contribution is 5.21. The van der Waals surface area contributed by atoms with E-state index in [4.69, 9.17) is 4.74 Å². The highest BCUT2D eigenvalue weighted by Crippen LogP contribution is 2.69. The first-order valence-corrected chi connectivity index (χ1v) is 5.39. The first-order chi connectivity index (χ1) is 6.07. The van der Waals surface area contributed by atoms with Gasteiger partial charge in [0.1, 0.15) is 6.10 Å². The van der Waals surface area contributed by atoms with Gasteiger partial charge in [-0.05, 0) is 30.3 Å². The third-order valence-electron chi connectivity index (χ3n) is 5.34. The SMILES string of the molecule is CC1(C)[C@@H]2CCC1(C)[C@@H]1OC=C[C@H]21. The van der Waals surface area contributed by atoms with Gasteiger partial charge in [-0.3, -0.25) is 0 Å². The molecule has 1 heteroatoms. The van der Waals surface area contributed by atoms with Gasteiger partial charge >= 0.3 is 0 Å². The molecule has 0 saturated heterocycles. The molecule has 1 nitrogen and oxygen atoms in total. The molecule has 0 radical (unpaired) electrons. The largest absolute Gasteiger partial charge is 0.497 e. The molecule has 0 amide bonds. The second kappa shape index (κ2) is 1.97. The maximum Gasteiger partial charge on any atom is 0.110 e. The quantitative estimate of drug-likeness (QED) is 0.554. The first-order valence-electron chi connectivity index (χ1n) is 5.39. The molecule has 0 N–H and O–H groups in total. The zero-order chi connectivity index (χ0) is 9.27. The normalized spacial score (nSPS) is 55.2. The lowest BCUT2D eigenvalue weighted by Gasteiger charge is -2.37. The molecule has 0 aromatic carbocycles. The topological polar surface area (TPSA) is 9.23 Å². The summed E-state index contributed by atoms with van der Waals surface area (Å²) < 4.78 is 5.77. The predicted molar refractivity (Wildman–Crippen MR) is 52.1 cm³/mol. The molecule has 3 rings (SSSR count). The van der Waals surface area contributed by atoms with Crippen molar-refractivity contribution < 1.29 is 4.74 Å². The van der Waals surface area contributed by atoms with Gasteiger partial charge in [-0.2, -0.15) is 0 Å². The van der Waals surface area contributed by atoms with Crippen molar-refractivity contribution in [1.82, 2.24) is 0 Å². The van der Waals surface area contributed by atoms with E-state index in [0.717, 1.165) is 5.92 Å². The van der Waals surface area contributed by atoms with Gasteiger partial charge in [-0.1, -0.05) is 20.8 Å². The predicted octanol–water partition coefficient (Wildman–Crippen LogP) is 2.97. The van der Waals surface area contributed by atoms with Crippen molar-refractivity contribution in [3.8, 4) is 0 Å². The molecule has 0 aromatic heterocycles. The van der Waals surface area contributed by atoms with Gasteiger partial charge in [0.15, 0.2) is 0 Å². The summed E-state index contributed by atoms with van der Waals surface area (Å²) in [4.78, 5) is 0. The highest BCUT2D eigenvalue weighted by Gasteiger charge is 2.67. The second-order valence-electron chi connectivity index (χ2n) is 5.75. The Morgan fingerprint density at radius 2 is 2.08 bits per heavy atom. The average Bonchev–Trinajstić information content (AvgIpc) is 2.63. The zero-order valence-corrected chi connectivity index (χ0v) is 8.71. The minimum atomic E-state index is 0.422. The Balaban J connectivity index is 2.11. The summed E-state index contributed by atoms with van der Waals surface area (Å²) in [7, 11) is 0. The lowest BCUT2D eigenvalue weighted by molar-refractivity contribution is 0.00206. The van der Waals surface area contributed by atoms with Crippen LogP contribution in [-0.2, 0) is 4.74 Å². The maximum absolute atomic E-state index is 5.77. The van der Waals surface area contributed by atoms with E-state index in [2.05, 4.69) is 26.8 Å². The monoisotopic (exact) mass is 178 g/mol. The van der Waals surface area contributed by atoms with Crippen molar-refractivity contribution >= 4 is 0 Å². The van der Waals surface area contributed by atoms with E-state index in [0.29, 0.717) is 22.9 Å². The van der Waals surface area contributed by atoms with Crippen LogP contribution in [-0.4, -0.2) is 6.10 Å². The Kier molecular flexibility index (Phi) is 1.19. The van der Waals surface area contributed by atoms with E-state index in [1.807, 2.05) is 6.26 Å². The number of rotatable bonds is 0. The fraction of sp³-hybridized carbons (Fsp3) is 0.833. The maximum atomic E-state index is 5.77. The summed E-state index contributed by atoms with van der Waals surface area (Å²) in [6.07, 6.45) is 7.47. The van der Waals surface area contributed by atoms with Crippen molar-refractivity contribution in [3.05, 3.63) is 12.3 Å². The van der Waals surface area contributed by atoms with Crippen LogP contribution < -0.4 is 0 Å². The van der Waals surface area contributed by atoms with Crippen molar-refractivity contribution in [2.75, 3.05) is 0 Å². The Hall–Kier alpha value is -0.460. The molecule has 13 heavy (non-hydrogen) atoms. The summed E-state index contributed by atoms with van der Waals surface area (Å²) >= 11 is 0. The molecular weight excluding hydrogens is 160 g/mol. The van der Waals surface area contributed by atoms with Gasteiger partial charge in [0, 0.05) is 11.3 Å². The minimum Gasteiger partial charge on any atom is -0.497 e. The molecule has 2 bridgehead atoms. The van der Waals surface area contributed by atoms with Crippen LogP contribution >= 0.6 is 0 Å². The van der Waals surface area contributed by atoms with Crippen LogP contribution in [0.15, 0.2) is 12.3 Å². The van der Waals surface area contributed by atoms with Crippen LogP contribution in [0.4, 0.5) is 0 Å². The van der Waals surface area contributed by atoms with E-state index in [9.17, 15) is 0 Å². The Morgan fingerprint density at radius 3 is 2.77 bits per heavy atom. The van der Waals surface area contributed by atoms with Crippen molar-refractivity contribution in [2.45, 2.75) is 39.7 Å². The van der Waals surface area contributed by atoms with Crippen LogP contribution in [0.1, 0.15) is 33.6 Å². The summed E-state index contributed by atoms with van der Waals surface area (Å²) in [5, 5.41) is 0. The standard InChI is InChI=1S/C12H18O/c1-11(2)9-4-6-12(11,3)10-8(9)5-7-13-10/h5,7-10H,4,6H2,1-3H3/t8-,9-,10-,12?/m1/s1. The smallest absolute Gasteiger partial charge is 0.110 e. The first kappa shape index (κ1) is 7.90. The third kappa shape index (κ3) is 0.639. The molecule has 1 heterocycles. The van der Waals surface area contributed by atoms with E-state index in [1.165, 1.54) is 12.8 Å². The molecule has 0 aromatic rings. The van der Waals surface area contributed by atoms with Gasteiger partial charge in [-0.15, -0.1) is 0 Å². The van der Waals surface area contributed by atoms with E-state index >= 15 is 0 Å². The fourth-order valence-electron chi connectivity index (χ4n) is 4.08. The zero-order valence-electron chi connectivity index (χ0n) is 8.71. The van der Waals surface area contributed by atoms with Crippen LogP contribution in [0.3, 0.4) is 0 Å². The van der Waals surface area contributed by atoms with Crippen LogP contribution in [0.5, 0.6) is 0 Å². The Morgan fingerprint density at radius 1 is 1.31 bits per heavy atom. The number of hydrogen-bond acceptors (Lipinski definition) is 1. The molecule has 3 aliphatic rings. The Bertz CT molecular complexity index is 279. The van der Waals surface area contributed by atoms with Gasteiger partial charge in [0.2, 0.25) is 0 Å². The molecule has 1 aliphatic heterocycles. The molecule has 4 atom stereocenters. The van der Waals surface area contributed by atoms with Crippen molar-refractivity contribution in [3.63, 3.8) is 0 Å². The molecule has 2 fully saturated rings. The average molecular weight is 178 g/mol.